The molecular weight excluding hydrogens is 196 g/mol. The van der Waals surface area contributed by atoms with Gasteiger partial charge in [-0.2, -0.15) is 0 Å². The monoisotopic (exact) mass is 218 g/mol. The van der Waals surface area contributed by atoms with Gasteiger partial charge in [-0.1, -0.05) is 24.5 Å². The topological polar surface area (TPSA) is 9.23 Å². The maximum atomic E-state index is 5.90. The Morgan fingerprint density at radius 2 is 2.38 bits per heavy atom. The Kier molecular flexibility index (Phi) is 4.38. The van der Waals surface area contributed by atoms with Crippen molar-refractivity contribution in [3.05, 3.63) is 23.8 Å². The van der Waals surface area contributed by atoms with Crippen molar-refractivity contribution in [2.45, 2.75) is 45.6 Å². The molecule has 1 fully saturated rings. The van der Waals surface area contributed by atoms with Crippen LogP contribution in [0.4, 0.5) is 0 Å². The van der Waals surface area contributed by atoms with Gasteiger partial charge in [0.25, 0.3) is 0 Å². The van der Waals surface area contributed by atoms with E-state index < -0.39 is 5.60 Å². The summed E-state index contributed by atoms with van der Waals surface area (Å²) in [6.45, 7) is 10.7. The van der Waals surface area contributed by atoms with Gasteiger partial charge in [0.15, 0.2) is 5.60 Å². The zero-order valence-electron chi connectivity index (χ0n) is 10.7. The summed E-state index contributed by atoms with van der Waals surface area (Å²) >= 11 is 0. The van der Waals surface area contributed by atoms with Crippen LogP contribution in [0.3, 0.4) is 0 Å². The molecule has 1 heteroatoms. The molecule has 1 unspecified atom stereocenters. The highest BCUT2D eigenvalue weighted by Gasteiger charge is 2.38. The average molecular weight is 218 g/mol. The fraction of sp³-hybridized carbons (Fsp3) is 0.600. The Hall–Kier alpha value is -1.00. The van der Waals surface area contributed by atoms with E-state index in [1.165, 1.54) is 17.6 Å². The van der Waals surface area contributed by atoms with E-state index in [1.807, 2.05) is 0 Å². The molecule has 1 aliphatic rings. The van der Waals surface area contributed by atoms with Crippen LogP contribution in [0.1, 0.15) is 40.0 Å². The molecule has 88 valence electrons. The van der Waals surface area contributed by atoms with Crippen LogP contribution in [-0.2, 0) is 4.74 Å². The number of terminal acetylenes is 1. The second kappa shape index (κ2) is 5.37. The Bertz CT molecular complexity index is 328. The van der Waals surface area contributed by atoms with Crippen molar-refractivity contribution in [1.29, 1.82) is 0 Å². The summed E-state index contributed by atoms with van der Waals surface area (Å²) in [5, 5.41) is 0. The summed E-state index contributed by atoms with van der Waals surface area (Å²) < 4.78 is 5.90. The molecule has 0 saturated heterocycles. The molecule has 2 atom stereocenters. The largest absolute Gasteiger partial charge is 0.354 e. The molecule has 0 aromatic rings. The van der Waals surface area contributed by atoms with Crippen LogP contribution < -0.4 is 0 Å². The second-order valence-electron chi connectivity index (χ2n) is 4.90. The van der Waals surface area contributed by atoms with Crippen molar-refractivity contribution >= 4 is 0 Å². The smallest absolute Gasteiger partial charge is 0.150 e. The lowest BCUT2D eigenvalue weighted by atomic mass is 9.74. The van der Waals surface area contributed by atoms with Gasteiger partial charge in [0.2, 0.25) is 0 Å². The van der Waals surface area contributed by atoms with Gasteiger partial charge in [0.05, 0.1) is 6.61 Å². The molecule has 1 aliphatic carbocycles. The van der Waals surface area contributed by atoms with Crippen molar-refractivity contribution in [3.8, 4) is 12.3 Å². The molecule has 16 heavy (non-hydrogen) atoms. The number of allylic oxidation sites excluding steroid dienone is 1. The van der Waals surface area contributed by atoms with E-state index in [0.29, 0.717) is 12.5 Å². The van der Waals surface area contributed by atoms with E-state index in [0.717, 1.165) is 12.8 Å². The summed E-state index contributed by atoms with van der Waals surface area (Å²) in [4.78, 5) is 0. The van der Waals surface area contributed by atoms with Gasteiger partial charge < -0.3 is 4.74 Å². The lowest BCUT2D eigenvalue weighted by Gasteiger charge is -2.39. The quantitative estimate of drug-likeness (QED) is 0.518. The van der Waals surface area contributed by atoms with Crippen LogP contribution in [0.5, 0.6) is 0 Å². The minimum atomic E-state index is -0.481. The van der Waals surface area contributed by atoms with Gasteiger partial charge in [0, 0.05) is 0 Å². The Labute approximate surface area is 99.6 Å². The zero-order valence-corrected chi connectivity index (χ0v) is 10.7. The highest BCUT2D eigenvalue weighted by atomic mass is 16.5. The molecule has 0 spiro atoms. The molecule has 0 aromatic carbocycles. The molecule has 0 aromatic heterocycles. The molecule has 0 bridgehead atoms. The van der Waals surface area contributed by atoms with Gasteiger partial charge >= 0.3 is 0 Å². The maximum Gasteiger partial charge on any atom is 0.150 e. The van der Waals surface area contributed by atoms with E-state index in [2.05, 4.69) is 33.3 Å². The highest BCUT2D eigenvalue weighted by Crippen LogP contribution is 2.40. The van der Waals surface area contributed by atoms with Crippen LogP contribution in [0.2, 0.25) is 0 Å². The lowest BCUT2D eigenvalue weighted by molar-refractivity contribution is 0.0129. The normalized spacial score (nSPS) is 29.6. The van der Waals surface area contributed by atoms with Gasteiger partial charge in [-0.15, -0.1) is 13.0 Å². The van der Waals surface area contributed by atoms with E-state index in [-0.39, 0.29) is 0 Å². The first-order chi connectivity index (χ1) is 7.55. The Morgan fingerprint density at radius 3 is 2.88 bits per heavy atom. The van der Waals surface area contributed by atoms with Crippen LogP contribution in [-0.4, -0.2) is 12.2 Å². The summed E-state index contributed by atoms with van der Waals surface area (Å²) in [6, 6.07) is 0. The van der Waals surface area contributed by atoms with Crippen molar-refractivity contribution in [1.82, 2.24) is 0 Å². The zero-order chi connectivity index (χ0) is 12.2. The summed E-state index contributed by atoms with van der Waals surface area (Å²) in [5.41, 5.74) is 2.12. The predicted molar refractivity (Wildman–Crippen MR) is 69.1 cm³/mol. The molecule has 1 nitrogen and oxygen atoms in total. The highest BCUT2D eigenvalue weighted by molar-refractivity contribution is 5.34. The van der Waals surface area contributed by atoms with Gasteiger partial charge in [-0.3, -0.25) is 0 Å². The Morgan fingerprint density at radius 1 is 1.69 bits per heavy atom. The van der Waals surface area contributed by atoms with E-state index in [9.17, 15) is 0 Å². The molecule has 1 rings (SSSR count). The van der Waals surface area contributed by atoms with Crippen molar-refractivity contribution in [2.75, 3.05) is 6.61 Å². The minimum absolute atomic E-state index is 0.481. The number of hydrogen-bond acceptors (Lipinski definition) is 1. The number of rotatable bonds is 3. The average Bonchev–Trinajstić information content (AvgIpc) is 2.25. The lowest BCUT2D eigenvalue weighted by Crippen LogP contribution is -2.39. The van der Waals surface area contributed by atoms with Crippen LogP contribution >= 0.6 is 0 Å². The van der Waals surface area contributed by atoms with Crippen LogP contribution in [0.15, 0.2) is 23.8 Å². The molecule has 0 N–H and O–H groups in total. The summed E-state index contributed by atoms with van der Waals surface area (Å²) in [5.74, 6) is 3.51. The molecule has 0 amide bonds. The van der Waals surface area contributed by atoms with E-state index in [4.69, 9.17) is 11.2 Å². The first-order valence-electron chi connectivity index (χ1n) is 5.95. The molecule has 1 saturated carbocycles. The summed E-state index contributed by atoms with van der Waals surface area (Å²) in [7, 11) is 0. The minimum Gasteiger partial charge on any atom is -0.354 e. The molecular formula is C15H22O. The Balaban J connectivity index is 3.04. The third kappa shape index (κ3) is 2.57. The van der Waals surface area contributed by atoms with Gasteiger partial charge in [-0.05, 0) is 44.6 Å². The standard InChI is InChI=1S/C15H22O/c1-6-10-16-15(7-2)11-13(5)8-9-14(15)12(3)4/h2,6,13H,1,8-11H2,3-5H3/t13-,15?/m1/s1. The number of ether oxygens (including phenoxy) is 1. The van der Waals surface area contributed by atoms with E-state index >= 15 is 0 Å². The first kappa shape index (κ1) is 13.1. The number of hydrogen-bond donors (Lipinski definition) is 0. The van der Waals surface area contributed by atoms with Crippen molar-refractivity contribution in [3.63, 3.8) is 0 Å². The molecule has 0 heterocycles. The third-order valence-corrected chi connectivity index (χ3v) is 3.29. The fourth-order valence-corrected chi connectivity index (χ4v) is 2.50. The first-order valence-corrected chi connectivity index (χ1v) is 5.95. The van der Waals surface area contributed by atoms with Crippen LogP contribution in [0.25, 0.3) is 0 Å². The fourth-order valence-electron chi connectivity index (χ4n) is 2.50. The summed E-state index contributed by atoms with van der Waals surface area (Å²) in [6.07, 6.45) is 10.7. The maximum absolute atomic E-state index is 5.90. The third-order valence-electron chi connectivity index (χ3n) is 3.29. The second-order valence-corrected chi connectivity index (χ2v) is 4.90. The van der Waals surface area contributed by atoms with Gasteiger partial charge in [-0.25, -0.2) is 0 Å². The van der Waals surface area contributed by atoms with Crippen molar-refractivity contribution < 1.29 is 4.74 Å². The van der Waals surface area contributed by atoms with E-state index in [1.54, 1.807) is 6.08 Å². The van der Waals surface area contributed by atoms with Gasteiger partial charge in [0.1, 0.15) is 0 Å². The predicted octanol–water partition coefficient (Wildman–Crippen LogP) is 3.72. The SMILES string of the molecule is C#CC1(OCC=C)C[C@H](C)CCC1=C(C)C. The molecule has 0 radical (unpaired) electrons. The molecule has 0 aliphatic heterocycles. The van der Waals surface area contributed by atoms with Crippen molar-refractivity contribution in [2.24, 2.45) is 5.92 Å². The van der Waals surface area contributed by atoms with Crippen LogP contribution in [0, 0.1) is 18.3 Å².